The predicted molar refractivity (Wildman–Crippen MR) is 34.6 cm³/mol. The number of aliphatic hydroxyl groups is 2. The topological polar surface area (TPSA) is 49.7 Å². The van der Waals surface area contributed by atoms with Gasteiger partial charge in [0.15, 0.2) is 0 Å². The summed E-state index contributed by atoms with van der Waals surface area (Å²) in [6, 6.07) is 0. The Morgan fingerprint density at radius 3 is 2.08 bits per heavy atom. The van der Waals surface area contributed by atoms with Crippen LogP contribution in [0.5, 0.6) is 0 Å². The Balaban J connectivity index is 3.47. The summed E-state index contributed by atoms with van der Waals surface area (Å²) < 4.78 is 51.7. The molecule has 0 aromatic rings. The fraction of sp³-hybridized carbons (Fsp3) is 1.00. The molecule has 0 aliphatic carbocycles. The summed E-state index contributed by atoms with van der Waals surface area (Å²) in [5.41, 5.74) is 0. The molecule has 0 aromatic heterocycles. The van der Waals surface area contributed by atoms with Gasteiger partial charge in [0.05, 0.1) is 6.61 Å². The molecule has 13 heavy (non-hydrogen) atoms. The lowest BCUT2D eigenvalue weighted by Gasteiger charge is -2.14. The van der Waals surface area contributed by atoms with Crippen molar-refractivity contribution >= 4 is 0 Å². The molecule has 0 saturated carbocycles. The van der Waals surface area contributed by atoms with E-state index in [9.17, 15) is 17.6 Å². The first-order valence-corrected chi connectivity index (χ1v) is 3.43. The Morgan fingerprint density at radius 1 is 1.15 bits per heavy atom. The molecule has 80 valence electrons. The lowest BCUT2D eigenvalue weighted by atomic mass is 10.3. The van der Waals surface area contributed by atoms with Crippen molar-refractivity contribution in [3.63, 3.8) is 0 Å². The van der Waals surface area contributed by atoms with Gasteiger partial charge < -0.3 is 14.9 Å². The van der Waals surface area contributed by atoms with E-state index in [0.29, 0.717) is 0 Å². The second kappa shape index (κ2) is 4.73. The monoisotopic (exact) mass is 206 g/mol. The normalized spacial score (nSPS) is 13.4. The number of ether oxygens (including phenoxy) is 1. The average Bonchev–Trinajstić information content (AvgIpc) is 1.97. The number of hydrogen-bond acceptors (Lipinski definition) is 3. The summed E-state index contributed by atoms with van der Waals surface area (Å²) in [4.78, 5) is 0. The molecule has 7 heteroatoms. The first-order chi connectivity index (χ1) is 5.77. The third-order valence-electron chi connectivity index (χ3n) is 1.12. The molecule has 0 saturated heterocycles. The molecule has 0 spiro atoms. The molecule has 0 aliphatic rings. The fourth-order valence-corrected chi connectivity index (χ4v) is 0.496. The van der Waals surface area contributed by atoms with E-state index in [-0.39, 0.29) is 0 Å². The van der Waals surface area contributed by atoms with Gasteiger partial charge in [-0.3, -0.25) is 0 Å². The summed E-state index contributed by atoms with van der Waals surface area (Å²) in [7, 11) is 0. The minimum absolute atomic E-state index is 0.649. The summed E-state index contributed by atoms with van der Waals surface area (Å²) in [6.45, 7) is -3.33. The van der Waals surface area contributed by atoms with Crippen LogP contribution in [0.3, 0.4) is 0 Å². The summed E-state index contributed by atoms with van der Waals surface area (Å²) in [5, 5.41) is 15.9. The molecule has 0 fully saturated rings. The van der Waals surface area contributed by atoms with E-state index in [1.54, 1.807) is 0 Å². The number of aliphatic hydroxyl groups excluding tert-OH is 1. The van der Waals surface area contributed by atoms with Gasteiger partial charge in [0, 0.05) is 6.42 Å². The predicted octanol–water partition coefficient (Wildman–Crippen LogP) is 0.606. The molecule has 0 aromatic carbocycles. The smallest absolute Gasteiger partial charge is 0.376 e. The van der Waals surface area contributed by atoms with Gasteiger partial charge in [-0.2, -0.15) is 8.78 Å². The van der Waals surface area contributed by atoms with E-state index in [1.165, 1.54) is 0 Å². The zero-order chi connectivity index (χ0) is 10.5. The van der Waals surface area contributed by atoms with Crippen molar-refractivity contribution in [2.24, 2.45) is 0 Å². The second-order valence-electron chi connectivity index (χ2n) is 2.48. The van der Waals surface area contributed by atoms with Gasteiger partial charge in [0.1, 0.15) is 13.2 Å². The van der Waals surface area contributed by atoms with E-state index in [4.69, 9.17) is 10.2 Å². The highest BCUT2D eigenvalue weighted by Crippen LogP contribution is 2.17. The molecule has 0 bridgehead atoms. The molecular formula is C6H10F4O3. The van der Waals surface area contributed by atoms with Crippen LogP contribution in [-0.2, 0) is 4.74 Å². The van der Waals surface area contributed by atoms with Crippen LogP contribution in [0.4, 0.5) is 17.6 Å². The summed E-state index contributed by atoms with van der Waals surface area (Å²) in [6.07, 6.45) is -4.87. The molecule has 2 N–H and O–H groups in total. The van der Waals surface area contributed by atoms with Crippen molar-refractivity contribution in [2.75, 3.05) is 19.8 Å². The van der Waals surface area contributed by atoms with Crippen molar-refractivity contribution in [1.82, 2.24) is 0 Å². The maximum Gasteiger partial charge on any atom is 0.376 e. The van der Waals surface area contributed by atoms with Gasteiger partial charge in [0.2, 0.25) is 0 Å². The summed E-state index contributed by atoms with van der Waals surface area (Å²) >= 11 is 0. The lowest BCUT2D eigenvalue weighted by Crippen LogP contribution is -2.27. The van der Waals surface area contributed by atoms with E-state index in [0.717, 1.165) is 0 Å². The molecule has 0 atom stereocenters. The van der Waals surface area contributed by atoms with Gasteiger partial charge >= 0.3 is 6.11 Å². The van der Waals surface area contributed by atoms with E-state index < -0.39 is 38.3 Å². The van der Waals surface area contributed by atoms with Gasteiger partial charge in [-0.1, -0.05) is 0 Å². The first-order valence-electron chi connectivity index (χ1n) is 3.43. The van der Waals surface area contributed by atoms with Crippen molar-refractivity contribution in [3.05, 3.63) is 0 Å². The number of rotatable bonds is 6. The zero-order valence-corrected chi connectivity index (χ0v) is 6.64. The fourth-order valence-electron chi connectivity index (χ4n) is 0.496. The highest BCUT2D eigenvalue weighted by Gasteiger charge is 2.29. The highest BCUT2D eigenvalue weighted by molar-refractivity contribution is 4.63. The Morgan fingerprint density at radius 2 is 1.69 bits per heavy atom. The van der Waals surface area contributed by atoms with Gasteiger partial charge in [-0.25, -0.2) is 8.78 Å². The van der Waals surface area contributed by atoms with Crippen LogP contribution in [0.1, 0.15) is 6.42 Å². The molecule has 0 unspecified atom stereocenters. The molecular weight excluding hydrogens is 196 g/mol. The second-order valence-corrected chi connectivity index (χ2v) is 2.48. The van der Waals surface area contributed by atoms with Crippen LogP contribution in [0.15, 0.2) is 0 Å². The Labute approximate surface area is 71.9 Å². The first kappa shape index (κ1) is 12.6. The largest absolute Gasteiger partial charge is 0.390 e. The SMILES string of the molecule is OCC(F)(F)CCOCC(O)(F)F. The van der Waals surface area contributed by atoms with Crippen molar-refractivity contribution < 1.29 is 32.5 Å². The maximum absolute atomic E-state index is 12.2. The molecule has 3 nitrogen and oxygen atoms in total. The quantitative estimate of drug-likeness (QED) is 0.494. The van der Waals surface area contributed by atoms with E-state index in [2.05, 4.69) is 4.74 Å². The number of alkyl halides is 4. The Hall–Kier alpha value is -0.400. The van der Waals surface area contributed by atoms with Crippen LogP contribution >= 0.6 is 0 Å². The standard InChI is InChI=1S/C6H10F4O3/c7-5(8,3-11)1-2-13-4-6(9,10)12/h11-12H,1-4H2. The highest BCUT2D eigenvalue weighted by atomic mass is 19.3. The van der Waals surface area contributed by atoms with Gasteiger partial charge in [-0.15, -0.1) is 0 Å². The third kappa shape index (κ3) is 7.94. The molecule has 0 rings (SSSR count). The van der Waals surface area contributed by atoms with E-state index >= 15 is 0 Å². The van der Waals surface area contributed by atoms with Crippen LogP contribution in [-0.4, -0.2) is 42.1 Å². The van der Waals surface area contributed by atoms with Gasteiger partial charge in [0.25, 0.3) is 5.92 Å². The van der Waals surface area contributed by atoms with Crippen LogP contribution < -0.4 is 0 Å². The Kier molecular flexibility index (Phi) is 4.58. The molecule has 0 aliphatic heterocycles. The maximum atomic E-state index is 12.2. The van der Waals surface area contributed by atoms with Crippen LogP contribution in [0, 0.1) is 0 Å². The van der Waals surface area contributed by atoms with E-state index in [1.807, 2.05) is 0 Å². The minimum atomic E-state index is -4.01. The average molecular weight is 206 g/mol. The number of hydrogen-bond donors (Lipinski definition) is 2. The molecule has 0 amide bonds. The van der Waals surface area contributed by atoms with Crippen molar-refractivity contribution in [1.29, 1.82) is 0 Å². The van der Waals surface area contributed by atoms with Crippen molar-refractivity contribution in [2.45, 2.75) is 18.5 Å². The molecule has 0 heterocycles. The third-order valence-corrected chi connectivity index (χ3v) is 1.12. The summed E-state index contributed by atoms with van der Waals surface area (Å²) in [5.74, 6) is -3.33. The number of halogens is 4. The zero-order valence-electron chi connectivity index (χ0n) is 6.64. The van der Waals surface area contributed by atoms with Crippen LogP contribution in [0.2, 0.25) is 0 Å². The minimum Gasteiger partial charge on any atom is -0.390 e. The van der Waals surface area contributed by atoms with Crippen molar-refractivity contribution in [3.8, 4) is 0 Å². The lowest BCUT2D eigenvalue weighted by molar-refractivity contribution is -0.233. The molecule has 0 radical (unpaired) electrons. The van der Waals surface area contributed by atoms with Crippen LogP contribution in [0.25, 0.3) is 0 Å². The Bertz CT molecular complexity index is 145. The van der Waals surface area contributed by atoms with Gasteiger partial charge in [-0.05, 0) is 0 Å².